The predicted molar refractivity (Wildman–Crippen MR) is 88.8 cm³/mol. The number of rotatable bonds is 5. The Hall–Kier alpha value is -1.59. The van der Waals surface area contributed by atoms with Crippen molar-refractivity contribution in [2.24, 2.45) is 5.73 Å². The molecule has 1 aromatic carbocycles. The third-order valence-corrected chi connectivity index (χ3v) is 3.76. The van der Waals surface area contributed by atoms with Crippen LogP contribution >= 0.6 is 12.4 Å². The van der Waals surface area contributed by atoms with Gasteiger partial charge in [0.25, 0.3) is 0 Å². The summed E-state index contributed by atoms with van der Waals surface area (Å²) in [5.74, 6) is -0.292. The number of nitrogens with two attached hydrogens (primary N) is 1. The van der Waals surface area contributed by atoms with Gasteiger partial charge >= 0.3 is 0 Å². The van der Waals surface area contributed by atoms with Crippen molar-refractivity contribution < 1.29 is 9.59 Å². The molecule has 1 aliphatic rings. The average Bonchev–Trinajstić information content (AvgIpc) is 2.54. The number of likely N-dealkylation sites (tertiary alicyclic amines) is 1. The molecule has 0 bridgehead atoms. The van der Waals surface area contributed by atoms with Gasteiger partial charge < -0.3 is 16.0 Å². The molecule has 0 radical (unpaired) electrons. The molecule has 0 aliphatic carbocycles. The number of hydrogen-bond donors (Lipinski definition) is 2. The minimum Gasteiger partial charge on any atom is -0.346 e. The lowest BCUT2D eigenvalue weighted by atomic mass is 10.1. The Morgan fingerprint density at radius 3 is 2.41 bits per heavy atom. The summed E-state index contributed by atoms with van der Waals surface area (Å²) in [7, 11) is 0. The summed E-state index contributed by atoms with van der Waals surface area (Å²) in [5, 5.41) is 2.64. The number of halogens is 1. The van der Waals surface area contributed by atoms with Crippen LogP contribution in [0.1, 0.15) is 24.8 Å². The van der Waals surface area contributed by atoms with Crippen molar-refractivity contribution in [2.45, 2.75) is 31.7 Å². The van der Waals surface area contributed by atoms with Crippen molar-refractivity contribution in [3.63, 3.8) is 0 Å². The highest BCUT2D eigenvalue weighted by molar-refractivity contribution is 5.87. The van der Waals surface area contributed by atoms with E-state index in [1.807, 2.05) is 35.2 Å². The lowest BCUT2D eigenvalue weighted by Crippen LogP contribution is -2.47. The third kappa shape index (κ3) is 5.66. The summed E-state index contributed by atoms with van der Waals surface area (Å²) in [6.45, 7) is 1.64. The van der Waals surface area contributed by atoms with Gasteiger partial charge in [-0.15, -0.1) is 12.4 Å². The Morgan fingerprint density at radius 2 is 1.77 bits per heavy atom. The van der Waals surface area contributed by atoms with Crippen LogP contribution in [0.4, 0.5) is 0 Å². The van der Waals surface area contributed by atoms with E-state index in [9.17, 15) is 9.59 Å². The second kappa shape index (κ2) is 9.43. The molecular weight excluding hydrogens is 302 g/mol. The Bertz CT molecular complexity index is 476. The van der Waals surface area contributed by atoms with Crippen LogP contribution in [0.15, 0.2) is 30.3 Å². The molecule has 0 spiro atoms. The lowest BCUT2D eigenvalue weighted by molar-refractivity contribution is -0.133. The van der Waals surface area contributed by atoms with Crippen molar-refractivity contribution in [2.75, 3.05) is 19.6 Å². The fourth-order valence-corrected chi connectivity index (χ4v) is 2.51. The monoisotopic (exact) mass is 325 g/mol. The van der Waals surface area contributed by atoms with E-state index in [1.165, 1.54) is 6.42 Å². The van der Waals surface area contributed by atoms with E-state index < -0.39 is 6.04 Å². The maximum Gasteiger partial charge on any atom is 0.241 e. The molecule has 0 aromatic heterocycles. The molecule has 0 saturated carbocycles. The zero-order chi connectivity index (χ0) is 15.1. The van der Waals surface area contributed by atoms with Crippen molar-refractivity contribution in [3.05, 3.63) is 35.9 Å². The highest BCUT2D eigenvalue weighted by Crippen LogP contribution is 2.08. The molecule has 2 rings (SSSR count). The van der Waals surface area contributed by atoms with Gasteiger partial charge in [0.1, 0.15) is 0 Å². The molecule has 22 heavy (non-hydrogen) atoms. The van der Waals surface area contributed by atoms with Crippen molar-refractivity contribution >= 4 is 24.2 Å². The molecule has 1 aliphatic heterocycles. The molecule has 122 valence electrons. The third-order valence-electron chi connectivity index (χ3n) is 3.76. The standard InChI is InChI=1S/C16H23N3O2.ClH/c17-14(11-13-7-3-1-4-8-13)16(21)18-12-15(20)19-9-5-2-6-10-19;/h1,3-4,7-8,14H,2,5-6,9-12,17H2,(H,18,21);1H/t14-;/m0./s1. The van der Waals surface area contributed by atoms with E-state index in [4.69, 9.17) is 5.73 Å². The number of amides is 2. The number of benzene rings is 1. The van der Waals surface area contributed by atoms with E-state index in [1.54, 1.807) is 0 Å². The number of piperidine rings is 1. The second-order valence-corrected chi connectivity index (χ2v) is 5.46. The molecule has 1 atom stereocenters. The summed E-state index contributed by atoms with van der Waals surface area (Å²) in [4.78, 5) is 25.7. The maximum absolute atomic E-state index is 12.0. The summed E-state index contributed by atoms with van der Waals surface area (Å²) in [5.41, 5.74) is 6.89. The van der Waals surface area contributed by atoms with E-state index in [0.717, 1.165) is 31.5 Å². The minimum absolute atomic E-state index is 0. The van der Waals surface area contributed by atoms with Gasteiger partial charge in [0.05, 0.1) is 12.6 Å². The van der Waals surface area contributed by atoms with Gasteiger partial charge in [-0.1, -0.05) is 30.3 Å². The van der Waals surface area contributed by atoms with E-state index in [2.05, 4.69) is 5.32 Å². The van der Waals surface area contributed by atoms with Gasteiger partial charge in [-0.25, -0.2) is 0 Å². The number of carbonyl (C=O) groups is 2. The van der Waals surface area contributed by atoms with Crippen LogP contribution in [0.25, 0.3) is 0 Å². The first kappa shape index (κ1) is 18.5. The average molecular weight is 326 g/mol. The predicted octanol–water partition coefficient (Wildman–Crippen LogP) is 1.11. The largest absolute Gasteiger partial charge is 0.346 e. The van der Waals surface area contributed by atoms with Crippen molar-refractivity contribution in [3.8, 4) is 0 Å². The molecule has 2 amide bonds. The maximum atomic E-state index is 12.0. The summed E-state index contributed by atoms with van der Waals surface area (Å²) in [6, 6.07) is 9.01. The van der Waals surface area contributed by atoms with Crippen LogP contribution in [-0.4, -0.2) is 42.4 Å². The summed E-state index contributed by atoms with van der Waals surface area (Å²) < 4.78 is 0. The minimum atomic E-state index is -0.624. The molecule has 6 heteroatoms. The molecule has 0 unspecified atom stereocenters. The zero-order valence-corrected chi connectivity index (χ0v) is 13.5. The first-order chi connectivity index (χ1) is 10.2. The van der Waals surface area contributed by atoms with Crippen LogP contribution in [0.3, 0.4) is 0 Å². The number of hydrogen-bond acceptors (Lipinski definition) is 3. The molecule has 3 N–H and O–H groups in total. The van der Waals surface area contributed by atoms with E-state index in [-0.39, 0.29) is 30.8 Å². The topological polar surface area (TPSA) is 75.4 Å². The fourth-order valence-electron chi connectivity index (χ4n) is 2.51. The Labute approximate surface area is 137 Å². The Balaban J connectivity index is 0.00000242. The molecule has 1 heterocycles. The molecule has 1 saturated heterocycles. The van der Waals surface area contributed by atoms with E-state index >= 15 is 0 Å². The summed E-state index contributed by atoms with van der Waals surface area (Å²) in [6.07, 6.45) is 3.75. The SMILES string of the molecule is Cl.N[C@@H](Cc1ccccc1)C(=O)NCC(=O)N1CCCCC1. The molecule has 1 fully saturated rings. The smallest absolute Gasteiger partial charge is 0.241 e. The normalized spacial score (nSPS) is 15.6. The van der Waals surface area contributed by atoms with Gasteiger partial charge in [0, 0.05) is 13.1 Å². The van der Waals surface area contributed by atoms with Gasteiger partial charge in [0.2, 0.25) is 11.8 Å². The van der Waals surface area contributed by atoms with Gasteiger partial charge in [-0.05, 0) is 31.2 Å². The number of carbonyl (C=O) groups excluding carboxylic acids is 2. The fraction of sp³-hybridized carbons (Fsp3) is 0.500. The number of nitrogens with zero attached hydrogens (tertiary/aromatic N) is 1. The Morgan fingerprint density at radius 1 is 1.14 bits per heavy atom. The van der Waals surface area contributed by atoms with Crippen LogP contribution in [0.5, 0.6) is 0 Å². The number of nitrogens with one attached hydrogen (secondary N) is 1. The lowest BCUT2D eigenvalue weighted by Gasteiger charge is -2.27. The molecule has 5 nitrogen and oxygen atoms in total. The first-order valence-corrected chi connectivity index (χ1v) is 7.52. The van der Waals surface area contributed by atoms with Crippen molar-refractivity contribution in [1.29, 1.82) is 0 Å². The second-order valence-electron chi connectivity index (χ2n) is 5.46. The summed E-state index contributed by atoms with van der Waals surface area (Å²) >= 11 is 0. The molecule has 1 aromatic rings. The van der Waals surface area contributed by atoms with Crippen LogP contribution in [0.2, 0.25) is 0 Å². The molecular formula is C16H24ClN3O2. The van der Waals surface area contributed by atoms with Gasteiger partial charge in [0.15, 0.2) is 0 Å². The van der Waals surface area contributed by atoms with Gasteiger partial charge in [-0.2, -0.15) is 0 Å². The van der Waals surface area contributed by atoms with Crippen molar-refractivity contribution in [1.82, 2.24) is 10.2 Å². The first-order valence-electron chi connectivity index (χ1n) is 7.52. The zero-order valence-electron chi connectivity index (χ0n) is 12.7. The van der Waals surface area contributed by atoms with Crippen LogP contribution < -0.4 is 11.1 Å². The highest BCUT2D eigenvalue weighted by Gasteiger charge is 2.19. The Kier molecular flexibility index (Phi) is 7.91. The van der Waals surface area contributed by atoms with E-state index in [0.29, 0.717) is 6.42 Å². The van der Waals surface area contributed by atoms with Gasteiger partial charge in [-0.3, -0.25) is 9.59 Å². The van der Waals surface area contributed by atoms with Crippen LogP contribution in [-0.2, 0) is 16.0 Å². The quantitative estimate of drug-likeness (QED) is 0.851. The highest BCUT2D eigenvalue weighted by atomic mass is 35.5. The van der Waals surface area contributed by atoms with Crippen LogP contribution in [0, 0.1) is 0 Å².